The molecule has 1 N–H and O–H groups in total. The first-order valence-corrected chi connectivity index (χ1v) is 9.08. The van der Waals surface area contributed by atoms with E-state index in [4.69, 9.17) is 0 Å². The lowest BCUT2D eigenvalue weighted by Gasteiger charge is -1.99. The summed E-state index contributed by atoms with van der Waals surface area (Å²) < 4.78 is 4.58. The first-order valence-electron chi connectivity index (χ1n) is 9.08. The number of rotatable bonds is 14. The summed E-state index contributed by atoms with van der Waals surface area (Å²) in [6.07, 6.45) is 24.3. The van der Waals surface area contributed by atoms with E-state index in [1.54, 1.807) is 0 Å². The smallest absolute Gasteiger partial charge is 0.305 e. The van der Waals surface area contributed by atoms with Gasteiger partial charge in [0.15, 0.2) is 0 Å². The summed E-state index contributed by atoms with van der Waals surface area (Å²) in [6.45, 7) is 2.20. The Bertz CT molecular complexity index is 405. The number of hydrogen-bond acceptors (Lipinski definition) is 3. The van der Waals surface area contributed by atoms with Crippen LogP contribution in [0.25, 0.3) is 0 Å². The van der Waals surface area contributed by atoms with Crippen molar-refractivity contribution in [3.05, 3.63) is 48.6 Å². The Balaban J connectivity index is 3.63. The van der Waals surface area contributed by atoms with Gasteiger partial charge in [-0.2, -0.15) is 0 Å². The molecule has 136 valence electrons. The van der Waals surface area contributed by atoms with Crippen molar-refractivity contribution in [3.8, 4) is 0 Å². The van der Waals surface area contributed by atoms with Gasteiger partial charge in [0.05, 0.1) is 13.2 Å². The number of hydrogen-bond donors (Lipinski definition) is 1. The summed E-state index contributed by atoms with van der Waals surface area (Å²) in [6, 6.07) is 0. The average Bonchev–Trinajstić information content (AvgIpc) is 2.59. The van der Waals surface area contributed by atoms with E-state index in [0.717, 1.165) is 25.7 Å². The molecule has 0 saturated carbocycles. The maximum atomic E-state index is 10.9. The molecule has 3 heteroatoms. The molecule has 0 aromatic rings. The SMILES string of the molecule is CCCCC/C=C\CC(O)/C=C/C=C\C/C=C\CCCC(=O)OC. The van der Waals surface area contributed by atoms with Crippen molar-refractivity contribution < 1.29 is 14.6 Å². The molecule has 0 amide bonds. The fourth-order valence-corrected chi connectivity index (χ4v) is 2.05. The largest absolute Gasteiger partial charge is 0.469 e. The third-order valence-electron chi connectivity index (χ3n) is 3.52. The molecule has 0 bridgehead atoms. The second-order valence-corrected chi connectivity index (χ2v) is 5.76. The van der Waals surface area contributed by atoms with E-state index in [2.05, 4.69) is 36.0 Å². The van der Waals surface area contributed by atoms with E-state index < -0.39 is 6.10 Å². The summed E-state index contributed by atoms with van der Waals surface area (Å²) in [4.78, 5) is 10.9. The number of aliphatic hydroxyl groups is 1. The lowest BCUT2D eigenvalue weighted by atomic mass is 10.1. The molecule has 0 aliphatic heterocycles. The first kappa shape index (κ1) is 22.4. The monoisotopic (exact) mass is 334 g/mol. The molecule has 0 rings (SSSR count). The van der Waals surface area contributed by atoms with Crippen LogP contribution < -0.4 is 0 Å². The van der Waals surface area contributed by atoms with Crippen LogP contribution in [0.5, 0.6) is 0 Å². The average molecular weight is 335 g/mol. The number of allylic oxidation sites excluding steroid dienone is 6. The van der Waals surface area contributed by atoms with Gasteiger partial charge >= 0.3 is 5.97 Å². The molecule has 0 aliphatic rings. The quantitative estimate of drug-likeness (QED) is 0.203. The van der Waals surface area contributed by atoms with Crippen molar-refractivity contribution in [2.75, 3.05) is 7.11 Å². The molecule has 24 heavy (non-hydrogen) atoms. The summed E-state index contributed by atoms with van der Waals surface area (Å²) in [5, 5.41) is 9.79. The predicted molar refractivity (Wildman–Crippen MR) is 102 cm³/mol. The van der Waals surface area contributed by atoms with Crippen molar-refractivity contribution >= 4 is 5.97 Å². The Morgan fingerprint density at radius 2 is 1.75 bits per heavy atom. The number of ether oxygens (including phenoxy) is 1. The highest BCUT2D eigenvalue weighted by Gasteiger charge is 1.96. The fraction of sp³-hybridized carbons (Fsp3) is 0.571. The molecule has 0 aromatic carbocycles. The van der Waals surface area contributed by atoms with Crippen LogP contribution >= 0.6 is 0 Å². The molecule has 0 radical (unpaired) electrons. The molecule has 1 unspecified atom stereocenters. The van der Waals surface area contributed by atoms with E-state index in [1.807, 2.05) is 24.3 Å². The number of esters is 1. The summed E-state index contributed by atoms with van der Waals surface area (Å²) in [7, 11) is 1.41. The highest BCUT2D eigenvalue weighted by Crippen LogP contribution is 2.02. The normalized spacial score (nSPS) is 13.6. The molecular weight excluding hydrogens is 300 g/mol. The van der Waals surface area contributed by atoms with Crippen LogP contribution in [0.1, 0.15) is 64.7 Å². The number of aliphatic hydroxyl groups excluding tert-OH is 1. The van der Waals surface area contributed by atoms with Crippen molar-refractivity contribution in [1.29, 1.82) is 0 Å². The zero-order valence-electron chi connectivity index (χ0n) is 15.3. The molecule has 0 heterocycles. The second kappa shape index (κ2) is 17.7. The van der Waals surface area contributed by atoms with Gasteiger partial charge in [0.25, 0.3) is 0 Å². The van der Waals surface area contributed by atoms with Crippen molar-refractivity contribution in [2.45, 2.75) is 70.8 Å². The van der Waals surface area contributed by atoms with Crippen LogP contribution in [-0.4, -0.2) is 24.3 Å². The Kier molecular flexibility index (Phi) is 16.5. The van der Waals surface area contributed by atoms with Gasteiger partial charge in [-0.05, 0) is 38.5 Å². The van der Waals surface area contributed by atoms with Gasteiger partial charge in [-0.15, -0.1) is 0 Å². The third-order valence-corrected chi connectivity index (χ3v) is 3.52. The van der Waals surface area contributed by atoms with Crippen LogP contribution in [0.15, 0.2) is 48.6 Å². The molecule has 0 saturated heterocycles. The maximum Gasteiger partial charge on any atom is 0.305 e. The van der Waals surface area contributed by atoms with Gasteiger partial charge < -0.3 is 9.84 Å². The van der Waals surface area contributed by atoms with Gasteiger partial charge in [-0.3, -0.25) is 4.79 Å². The molecule has 0 aromatic heterocycles. The van der Waals surface area contributed by atoms with Gasteiger partial charge in [0.2, 0.25) is 0 Å². The van der Waals surface area contributed by atoms with Gasteiger partial charge in [-0.1, -0.05) is 68.4 Å². The molecule has 0 spiro atoms. The van der Waals surface area contributed by atoms with Crippen LogP contribution in [0.4, 0.5) is 0 Å². The highest BCUT2D eigenvalue weighted by atomic mass is 16.5. The molecule has 0 fully saturated rings. The third kappa shape index (κ3) is 16.8. The summed E-state index contributed by atoms with van der Waals surface area (Å²) in [5.41, 5.74) is 0. The maximum absolute atomic E-state index is 10.9. The van der Waals surface area contributed by atoms with Crippen LogP contribution in [0, 0.1) is 0 Å². The Hall–Kier alpha value is -1.61. The Morgan fingerprint density at radius 3 is 2.50 bits per heavy atom. The van der Waals surface area contributed by atoms with E-state index in [1.165, 1.54) is 26.4 Å². The number of carbonyl (C=O) groups excluding carboxylic acids is 1. The topological polar surface area (TPSA) is 46.5 Å². The van der Waals surface area contributed by atoms with E-state index in [-0.39, 0.29) is 5.97 Å². The fourth-order valence-electron chi connectivity index (χ4n) is 2.05. The van der Waals surface area contributed by atoms with E-state index in [9.17, 15) is 9.90 Å². The molecule has 3 nitrogen and oxygen atoms in total. The lowest BCUT2D eigenvalue weighted by Crippen LogP contribution is -1.98. The van der Waals surface area contributed by atoms with Crippen LogP contribution in [-0.2, 0) is 9.53 Å². The van der Waals surface area contributed by atoms with Gasteiger partial charge in [-0.25, -0.2) is 0 Å². The Morgan fingerprint density at radius 1 is 1.00 bits per heavy atom. The van der Waals surface area contributed by atoms with E-state index in [0.29, 0.717) is 12.8 Å². The first-order chi connectivity index (χ1) is 11.7. The predicted octanol–water partition coefficient (Wildman–Crippen LogP) is 5.28. The molecule has 1 atom stereocenters. The minimum Gasteiger partial charge on any atom is -0.469 e. The Labute approximate surface area is 147 Å². The molecule has 0 aliphatic carbocycles. The minimum absolute atomic E-state index is 0.150. The van der Waals surface area contributed by atoms with Crippen molar-refractivity contribution in [3.63, 3.8) is 0 Å². The van der Waals surface area contributed by atoms with Crippen molar-refractivity contribution in [2.24, 2.45) is 0 Å². The van der Waals surface area contributed by atoms with Crippen LogP contribution in [0.2, 0.25) is 0 Å². The van der Waals surface area contributed by atoms with Gasteiger partial charge in [0, 0.05) is 6.42 Å². The minimum atomic E-state index is -0.411. The van der Waals surface area contributed by atoms with Gasteiger partial charge in [0.1, 0.15) is 0 Å². The zero-order valence-corrected chi connectivity index (χ0v) is 15.3. The number of carbonyl (C=O) groups is 1. The zero-order chi connectivity index (χ0) is 17.9. The number of methoxy groups -OCH3 is 1. The summed E-state index contributed by atoms with van der Waals surface area (Å²) in [5.74, 6) is -0.150. The second-order valence-electron chi connectivity index (χ2n) is 5.76. The lowest BCUT2D eigenvalue weighted by molar-refractivity contribution is -0.140. The molecular formula is C21H34O3. The standard InChI is InChI=1S/C21H34O3/c1-3-4-5-6-11-14-17-20(22)18-15-12-9-7-8-10-13-16-19-21(23)24-2/h8-12,14-15,18,20,22H,3-7,13,16-17,19H2,1-2H3/b10-8-,12-9-,14-11-,18-15+. The highest BCUT2D eigenvalue weighted by molar-refractivity contribution is 5.69. The number of unbranched alkanes of at least 4 members (excludes halogenated alkanes) is 4. The van der Waals surface area contributed by atoms with Crippen molar-refractivity contribution in [1.82, 2.24) is 0 Å². The van der Waals surface area contributed by atoms with E-state index >= 15 is 0 Å². The van der Waals surface area contributed by atoms with Crippen LogP contribution in [0.3, 0.4) is 0 Å². The summed E-state index contributed by atoms with van der Waals surface area (Å²) >= 11 is 0.